The molecule has 3 aromatic rings. The molecule has 15 nitrogen and oxygen atoms in total. The standard InChI is InChI=1S/C39H55N7O8/c1-6-10-12-29(8-3)26-53-38-25-36(43-41-34-17-15-32(45(49)50)23-37(34)46(51)52)39(54-27-30(9-4)13-11-7-2)24-35(38)42-40-33-16-14-31(22-28(33)5)44(18-20-47)19-21-48/h14-17,22-25,29-30,47-48H,6-13,18-21,26-27H2,1-5H3. The van der Waals surface area contributed by atoms with Crippen molar-refractivity contribution >= 4 is 39.8 Å². The van der Waals surface area contributed by atoms with Crippen molar-refractivity contribution in [3.63, 3.8) is 0 Å². The van der Waals surface area contributed by atoms with Gasteiger partial charge >= 0.3 is 5.69 Å². The molecule has 0 amide bonds. The smallest absolute Gasteiger partial charge is 0.303 e. The number of rotatable bonds is 25. The van der Waals surface area contributed by atoms with Gasteiger partial charge in [-0.05, 0) is 61.4 Å². The van der Waals surface area contributed by atoms with E-state index in [-0.39, 0.29) is 36.4 Å². The average Bonchev–Trinajstić information content (AvgIpc) is 3.17. The van der Waals surface area contributed by atoms with Gasteiger partial charge in [-0.3, -0.25) is 20.2 Å². The fourth-order valence-electron chi connectivity index (χ4n) is 5.77. The van der Waals surface area contributed by atoms with Crippen LogP contribution in [0.5, 0.6) is 11.5 Å². The summed E-state index contributed by atoms with van der Waals surface area (Å²) in [5.74, 6) is 1.26. The molecule has 0 aliphatic heterocycles. The molecule has 0 heterocycles. The molecular formula is C39H55N7O8. The fraction of sp³-hybridized carbons (Fsp3) is 0.538. The van der Waals surface area contributed by atoms with Crippen LogP contribution in [0.15, 0.2) is 69.0 Å². The minimum Gasteiger partial charge on any atom is -0.491 e. The minimum atomic E-state index is -0.733. The van der Waals surface area contributed by atoms with Crippen LogP contribution in [0, 0.1) is 39.0 Å². The lowest BCUT2D eigenvalue weighted by Crippen LogP contribution is -2.29. The Bertz CT molecular complexity index is 1710. The number of unbranched alkanes of at least 4 members (excludes halogenated alkanes) is 2. The Kier molecular flexibility index (Phi) is 18.4. The summed E-state index contributed by atoms with van der Waals surface area (Å²) < 4.78 is 12.8. The van der Waals surface area contributed by atoms with Gasteiger partial charge in [0.05, 0.1) is 48.0 Å². The predicted octanol–water partition coefficient (Wildman–Crippen LogP) is 10.6. The zero-order valence-corrected chi connectivity index (χ0v) is 32.1. The molecular weight excluding hydrogens is 694 g/mol. The Morgan fingerprint density at radius 1 is 0.685 bits per heavy atom. The SMILES string of the molecule is CCCCC(CC)COc1cc(N=Nc2ccc([N+](=O)[O-])cc2[N+](=O)[O-])c(OCC(CC)CCCC)cc1N=Nc1ccc(N(CCO)CCO)cc1C. The summed E-state index contributed by atoms with van der Waals surface area (Å²) in [6.07, 6.45) is 8.02. The highest BCUT2D eigenvalue weighted by Gasteiger charge is 2.21. The predicted molar refractivity (Wildman–Crippen MR) is 210 cm³/mol. The molecule has 0 aliphatic carbocycles. The Balaban J connectivity index is 2.15. The molecule has 0 bridgehead atoms. The van der Waals surface area contributed by atoms with Crippen molar-refractivity contribution in [1.29, 1.82) is 0 Å². The minimum absolute atomic E-state index is 0.0526. The number of benzene rings is 3. The maximum absolute atomic E-state index is 11.8. The van der Waals surface area contributed by atoms with Crippen LogP contribution >= 0.6 is 0 Å². The number of anilines is 1. The van der Waals surface area contributed by atoms with Gasteiger partial charge in [-0.15, -0.1) is 15.3 Å². The molecule has 15 heteroatoms. The van der Waals surface area contributed by atoms with Gasteiger partial charge in [-0.2, -0.15) is 5.11 Å². The number of nitro groups is 2. The maximum Gasteiger partial charge on any atom is 0.303 e. The molecule has 54 heavy (non-hydrogen) atoms. The Morgan fingerprint density at radius 2 is 1.19 bits per heavy atom. The quantitative estimate of drug-likeness (QED) is 0.0480. The van der Waals surface area contributed by atoms with Gasteiger partial charge in [0.2, 0.25) is 0 Å². The molecule has 0 saturated heterocycles. The summed E-state index contributed by atoms with van der Waals surface area (Å²) in [6, 6.07) is 12.1. The summed E-state index contributed by atoms with van der Waals surface area (Å²) in [5, 5.41) is 59.9. The zero-order chi connectivity index (χ0) is 39.5. The lowest BCUT2D eigenvalue weighted by atomic mass is 10.0. The van der Waals surface area contributed by atoms with E-state index < -0.39 is 21.2 Å². The number of nitrogens with zero attached hydrogens (tertiary/aromatic N) is 7. The number of nitro benzene ring substituents is 2. The van der Waals surface area contributed by atoms with Gasteiger partial charge in [-0.1, -0.05) is 66.2 Å². The van der Waals surface area contributed by atoms with Crippen LogP contribution in [0.4, 0.5) is 39.8 Å². The Hall–Kier alpha value is -5.02. The first-order valence-corrected chi connectivity index (χ1v) is 18.9. The second-order valence-electron chi connectivity index (χ2n) is 13.2. The lowest BCUT2D eigenvalue weighted by Gasteiger charge is -2.23. The highest BCUT2D eigenvalue weighted by Crippen LogP contribution is 2.43. The van der Waals surface area contributed by atoms with Crippen molar-refractivity contribution in [3.8, 4) is 11.5 Å². The van der Waals surface area contributed by atoms with Crippen LogP contribution in [0.3, 0.4) is 0 Å². The van der Waals surface area contributed by atoms with E-state index in [1.165, 1.54) is 6.07 Å². The second-order valence-corrected chi connectivity index (χ2v) is 13.2. The van der Waals surface area contributed by atoms with Crippen LogP contribution in [-0.4, -0.2) is 59.6 Å². The molecule has 0 radical (unpaired) electrons. The first kappa shape index (κ1) is 43.4. The van der Waals surface area contributed by atoms with Crippen molar-refractivity contribution in [2.24, 2.45) is 32.3 Å². The fourth-order valence-corrected chi connectivity index (χ4v) is 5.77. The van der Waals surface area contributed by atoms with Crippen LogP contribution < -0.4 is 14.4 Å². The van der Waals surface area contributed by atoms with Gasteiger partial charge in [-0.25, -0.2) is 0 Å². The third-order valence-corrected chi connectivity index (χ3v) is 9.26. The molecule has 3 rings (SSSR count). The van der Waals surface area contributed by atoms with Crippen molar-refractivity contribution in [1.82, 2.24) is 0 Å². The van der Waals surface area contributed by atoms with Crippen LogP contribution in [-0.2, 0) is 0 Å². The van der Waals surface area contributed by atoms with Crippen LogP contribution in [0.1, 0.15) is 84.6 Å². The Labute approximate surface area is 317 Å². The van der Waals surface area contributed by atoms with Crippen molar-refractivity contribution < 1.29 is 29.5 Å². The third-order valence-electron chi connectivity index (χ3n) is 9.26. The first-order chi connectivity index (χ1) is 26.1. The number of aryl methyl sites for hydroxylation is 1. The van der Waals surface area contributed by atoms with E-state index in [0.717, 1.165) is 74.8 Å². The molecule has 0 fully saturated rings. The van der Waals surface area contributed by atoms with Gasteiger partial charge < -0.3 is 24.6 Å². The summed E-state index contributed by atoms with van der Waals surface area (Å²) in [4.78, 5) is 23.6. The number of non-ortho nitro benzene ring substituents is 1. The van der Waals surface area contributed by atoms with E-state index in [1.54, 1.807) is 12.1 Å². The van der Waals surface area contributed by atoms with Gasteiger partial charge in [0.15, 0.2) is 5.69 Å². The van der Waals surface area contributed by atoms with E-state index in [0.29, 0.717) is 49.2 Å². The second kappa shape index (κ2) is 22.9. The summed E-state index contributed by atoms with van der Waals surface area (Å²) in [7, 11) is 0. The molecule has 294 valence electrons. The third kappa shape index (κ3) is 13.1. The van der Waals surface area contributed by atoms with Crippen molar-refractivity contribution in [2.45, 2.75) is 86.0 Å². The highest BCUT2D eigenvalue weighted by atomic mass is 16.6. The maximum atomic E-state index is 11.8. The monoisotopic (exact) mass is 749 g/mol. The number of azo groups is 2. The van der Waals surface area contributed by atoms with E-state index in [4.69, 9.17) is 9.47 Å². The van der Waals surface area contributed by atoms with Gasteiger partial charge in [0, 0.05) is 37.0 Å². The molecule has 0 aromatic heterocycles. The van der Waals surface area contributed by atoms with Gasteiger partial charge in [0.1, 0.15) is 22.9 Å². The molecule has 2 N–H and O–H groups in total. The van der Waals surface area contributed by atoms with Crippen LogP contribution in [0.2, 0.25) is 0 Å². The highest BCUT2D eigenvalue weighted by molar-refractivity contribution is 5.68. The topological polar surface area (TPSA) is 198 Å². The molecule has 0 spiro atoms. The van der Waals surface area contributed by atoms with E-state index in [9.17, 15) is 30.4 Å². The molecule has 0 saturated carbocycles. The molecule has 0 aliphatic rings. The van der Waals surface area contributed by atoms with E-state index in [1.807, 2.05) is 30.0 Å². The number of hydrogen-bond acceptors (Lipinski definition) is 13. The number of hydrogen-bond donors (Lipinski definition) is 2. The van der Waals surface area contributed by atoms with Crippen molar-refractivity contribution in [3.05, 3.63) is 74.3 Å². The number of aliphatic hydroxyl groups is 2. The lowest BCUT2D eigenvalue weighted by molar-refractivity contribution is -0.393. The van der Waals surface area contributed by atoms with Gasteiger partial charge in [0.25, 0.3) is 5.69 Å². The van der Waals surface area contributed by atoms with Crippen LogP contribution in [0.25, 0.3) is 0 Å². The average molecular weight is 750 g/mol. The number of aliphatic hydroxyl groups excluding tert-OH is 2. The van der Waals surface area contributed by atoms with E-state index >= 15 is 0 Å². The zero-order valence-electron chi connectivity index (χ0n) is 32.1. The number of ether oxygens (including phenoxy) is 2. The summed E-state index contributed by atoms with van der Waals surface area (Å²) in [6.45, 7) is 11.9. The van der Waals surface area contributed by atoms with E-state index in [2.05, 4.69) is 48.2 Å². The molecule has 2 atom stereocenters. The largest absolute Gasteiger partial charge is 0.491 e. The summed E-state index contributed by atoms with van der Waals surface area (Å²) >= 11 is 0. The molecule has 3 aromatic carbocycles. The normalized spacial score (nSPS) is 12.6. The first-order valence-electron chi connectivity index (χ1n) is 18.9. The molecule has 2 unspecified atom stereocenters. The van der Waals surface area contributed by atoms with Crippen molar-refractivity contribution in [2.75, 3.05) is 44.4 Å². The Morgan fingerprint density at radius 3 is 1.63 bits per heavy atom. The summed E-state index contributed by atoms with van der Waals surface area (Å²) in [5.41, 5.74) is 1.77.